The molecule has 3 aromatic rings. The molecule has 146 valence electrons. The van der Waals surface area contributed by atoms with Crippen LogP contribution in [0.15, 0.2) is 60.7 Å². The summed E-state index contributed by atoms with van der Waals surface area (Å²) in [5.74, 6) is 0.665. The maximum atomic E-state index is 10.0. The summed E-state index contributed by atoms with van der Waals surface area (Å²) in [6.07, 6.45) is 1.42. The highest BCUT2D eigenvalue weighted by Crippen LogP contribution is 2.34. The zero-order valence-electron chi connectivity index (χ0n) is 16.9. The Hall–Kier alpha value is -3.16. The fourth-order valence-corrected chi connectivity index (χ4v) is 3.79. The molecule has 0 fully saturated rings. The predicted octanol–water partition coefficient (Wildman–Crippen LogP) is 5.01. The first-order valence-corrected chi connectivity index (χ1v) is 9.96. The highest BCUT2D eigenvalue weighted by molar-refractivity contribution is 5.61. The summed E-state index contributed by atoms with van der Waals surface area (Å²) in [5, 5.41) is 13.4. The average molecular weight is 383 g/mol. The van der Waals surface area contributed by atoms with Crippen LogP contribution in [0.3, 0.4) is 0 Å². The number of aromatic nitrogens is 1. The third-order valence-corrected chi connectivity index (χ3v) is 5.34. The second kappa shape index (κ2) is 8.06. The molecule has 4 heteroatoms. The van der Waals surface area contributed by atoms with Gasteiger partial charge in [-0.05, 0) is 37.0 Å². The Kier molecular flexibility index (Phi) is 5.33. The van der Waals surface area contributed by atoms with Crippen molar-refractivity contribution in [2.75, 3.05) is 5.32 Å². The molecule has 0 saturated carbocycles. The minimum Gasteiger partial charge on any atom is -0.370 e. The lowest BCUT2D eigenvalue weighted by Gasteiger charge is -2.33. The highest BCUT2D eigenvalue weighted by atomic mass is 16.5. The lowest BCUT2D eigenvalue weighted by Crippen LogP contribution is -2.33. The van der Waals surface area contributed by atoms with E-state index in [-0.39, 0.29) is 5.60 Å². The second-order valence-corrected chi connectivity index (χ2v) is 8.08. The zero-order valence-corrected chi connectivity index (χ0v) is 16.9. The van der Waals surface area contributed by atoms with E-state index < -0.39 is 0 Å². The maximum Gasteiger partial charge on any atom is 0.144 e. The standard InChI is InChI=1S/C25H25N3O/c1-25(2)14-23-22(17-29-25)20(13-18-9-5-3-6-10-18)21(15-26)24(28-23)27-16-19-11-7-4-8-12-19/h3-12H,13-14,16-17H2,1-2H3,(H,27,28). The molecule has 29 heavy (non-hydrogen) atoms. The first-order valence-electron chi connectivity index (χ1n) is 9.96. The van der Waals surface area contributed by atoms with E-state index in [4.69, 9.17) is 9.72 Å². The van der Waals surface area contributed by atoms with Gasteiger partial charge in [0.05, 0.1) is 23.5 Å². The van der Waals surface area contributed by atoms with E-state index in [1.807, 2.05) is 36.4 Å². The molecule has 1 aliphatic rings. The highest BCUT2D eigenvalue weighted by Gasteiger charge is 2.31. The van der Waals surface area contributed by atoms with Crippen LogP contribution in [-0.2, 0) is 30.7 Å². The van der Waals surface area contributed by atoms with Gasteiger partial charge >= 0.3 is 0 Å². The molecule has 0 bridgehead atoms. The summed E-state index contributed by atoms with van der Waals surface area (Å²) >= 11 is 0. The van der Waals surface area contributed by atoms with Crippen LogP contribution in [0.5, 0.6) is 0 Å². The number of nitriles is 1. The quantitative estimate of drug-likeness (QED) is 0.673. The van der Waals surface area contributed by atoms with Crippen LogP contribution in [0.2, 0.25) is 0 Å². The SMILES string of the molecule is CC1(C)Cc2nc(NCc3ccccc3)c(C#N)c(Cc3ccccc3)c2CO1. The van der Waals surface area contributed by atoms with Crippen LogP contribution in [-0.4, -0.2) is 10.6 Å². The van der Waals surface area contributed by atoms with Crippen LogP contribution in [0, 0.1) is 11.3 Å². The van der Waals surface area contributed by atoms with Gasteiger partial charge in [0, 0.05) is 18.5 Å². The number of fused-ring (bicyclic) bond motifs is 1. The molecule has 2 heterocycles. The Morgan fingerprint density at radius 3 is 2.34 bits per heavy atom. The van der Waals surface area contributed by atoms with Crippen molar-refractivity contribution in [3.63, 3.8) is 0 Å². The molecule has 1 aliphatic heterocycles. The van der Waals surface area contributed by atoms with Crippen molar-refractivity contribution < 1.29 is 4.74 Å². The summed E-state index contributed by atoms with van der Waals surface area (Å²) < 4.78 is 6.07. The number of benzene rings is 2. The van der Waals surface area contributed by atoms with Gasteiger partial charge < -0.3 is 10.1 Å². The second-order valence-electron chi connectivity index (χ2n) is 8.08. The summed E-state index contributed by atoms with van der Waals surface area (Å²) in [4.78, 5) is 4.88. The van der Waals surface area contributed by atoms with E-state index in [1.165, 1.54) is 5.56 Å². The number of anilines is 1. The van der Waals surface area contributed by atoms with Crippen molar-refractivity contribution in [2.24, 2.45) is 0 Å². The molecule has 4 nitrogen and oxygen atoms in total. The Morgan fingerprint density at radius 1 is 1.03 bits per heavy atom. The third kappa shape index (κ3) is 4.31. The Morgan fingerprint density at radius 2 is 1.69 bits per heavy atom. The largest absolute Gasteiger partial charge is 0.370 e. The van der Waals surface area contributed by atoms with Gasteiger partial charge in [0.25, 0.3) is 0 Å². The van der Waals surface area contributed by atoms with Crippen LogP contribution < -0.4 is 5.32 Å². The van der Waals surface area contributed by atoms with Crippen molar-refractivity contribution in [2.45, 2.75) is 45.4 Å². The van der Waals surface area contributed by atoms with Crippen LogP contribution in [0.25, 0.3) is 0 Å². The van der Waals surface area contributed by atoms with E-state index in [0.29, 0.717) is 31.0 Å². The average Bonchev–Trinajstić information content (AvgIpc) is 2.73. The number of ether oxygens (including phenoxy) is 1. The normalized spacial score (nSPS) is 14.7. The molecular weight excluding hydrogens is 358 g/mol. The molecule has 1 N–H and O–H groups in total. The van der Waals surface area contributed by atoms with Gasteiger partial charge in [0.1, 0.15) is 11.9 Å². The summed E-state index contributed by atoms with van der Waals surface area (Å²) in [6, 6.07) is 22.8. The van der Waals surface area contributed by atoms with Crippen LogP contribution in [0.1, 0.15) is 47.4 Å². The Labute approximate surface area is 172 Å². The third-order valence-electron chi connectivity index (χ3n) is 5.34. The van der Waals surface area contributed by atoms with Gasteiger partial charge in [-0.2, -0.15) is 5.26 Å². The molecule has 1 aromatic heterocycles. The lowest BCUT2D eigenvalue weighted by molar-refractivity contribution is -0.0415. The van der Waals surface area contributed by atoms with Gasteiger partial charge in [-0.1, -0.05) is 60.7 Å². The van der Waals surface area contributed by atoms with E-state index in [0.717, 1.165) is 28.8 Å². The van der Waals surface area contributed by atoms with Crippen molar-refractivity contribution in [1.29, 1.82) is 5.26 Å². The fourth-order valence-electron chi connectivity index (χ4n) is 3.79. The van der Waals surface area contributed by atoms with Gasteiger partial charge in [-0.15, -0.1) is 0 Å². The predicted molar refractivity (Wildman–Crippen MR) is 115 cm³/mol. The smallest absolute Gasteiger partial charge is 0.144 e. The minimum atomic E-state index is -0.255. The number of hydrogen-bond donors (Lipinski definition) is 1. The van der Waals surface area contributed by atoms with Crippen LogP contribution >= 0.6 is 0 Å². The van der Waals surface area contributed by atoms with Gasteiger partial charge in [0.15, 0.2) is 0 Å². The maximum absolute atomic E-state index is 10.0. The van der Waals surface area contributed by atoms with Gasteiger partial charge in [-0.3, -0.25) is 0 Å². The minimum absolute atomic E-state index is 0.255. The topological polar surface area (TPSA) is 57.9 Å². The van der Waals surface area contributed by atoms with Crippen molar-refractivity contribution in [3.05, 3.63) is 94.2 Å². The molecule has 0 radical (unpaired) electrons. The van der Waals surface area contributed by atoms with Gasteiger partial charge in [0.2, 0.25) is 0 Å². The van der Waals surface area contributed by atoms with Crippen molar-refractivity contribution in [3.8, 4) is 6.07 Å². The van der Waals surface area contributed by atoms with Gasteiger partial charge in [-0.25, -0.2) is 4.98 Å². The molecular formula is C25H25N3O. The monoisotopic (exact) mass is 383 g/mol. The molecule has 0 aliphatic carbocycles. The first-order chi connectivity index (χ1) is 14.1. The fraction of sp³-hybridized carbons (Fsp3) is 0.280. The number of nitrogens with zero attached hydrogens (tertiary/aromatic N) is 2. The zero-order chi connectivity index (χ0) is 20.3. The molecule has 0 saturated heterocycles. The lowest BCUT2D eigenvalue weighted by atomic mass is 9.89. The van der Waals surface area contributed by atoms with E-state index in [9.17, 15) is 5.26 Å². The van der Waals surface area contributed by atoms with Crippen molar-refractivity contribution >= 4 is 5.82 Å². The van der Waals surface area contributed by atoms with Crippen molar-refractivity contribution in [1.82, 2.24) is 4.98 Å². The van der Waals surface area contributed by atoms with E-state index >= 15 is 0 Å². The number of pyridine rings is 1. The summed E-state index contributed by atoms with van der Waals surface area (Å²) in [7, 11) is 0. The molecule has 0 unspecified atom stereocenters. The summed E-state index contributed by atoms with van der Waals surface area (Å²) in [6.45, 7) is 5.30. The molecule has 0 spiro atoms. The Bertz CT molecular complexity index is 1040. The first kappa shape index (κ1) is 19.2. The number of hydrogen-bond acceptors (Lipinski definition) is 4. The molecule has 0 amide bonds. The molecule has 4 rings (SSSR count). The number of rotatable bonds is 5. The molecule has 0 atom stereocenters. The van der Waals surface area contributed by atoms with Crippen LogP contribution in [0.4, 0.5) is 5.82 Å². The summed E-state index contributed by atoms with van der Waals surface area (Å²) in [5.41, 5.74) is 5.81. The number of nitrogens with one attached hydrogen (secondary N) is 1. The molecule has 2 aromatic carbocycles. The van der Waals surface area contributed by atoms with E-state index in [1.54, 1.807) is 0 Å². The Balaban J connectivity index is 1.76. The van der Waals surface area contributed by atoms with E-state index in [2.05, 4.69) is 49.5 Å².